The average molecular weight is 186 g/mol. The van der Waals surface area contributed by atoms with Crippen molar-refractivity contribution in [1.82, 2.24) is 0 Å². The van der Waals surface area contributed by atoms with Gasteiger partial charge >= 0.3 is 5.97 Å². The number of hydrogen-bond donors (Lipinski definition) is 2. The summed E-state index contributed by atoms with van der Waals surface area (Å²) < 4.78 is 0. The van der Waals surface area contributed by atoms with Crippen LogP contribution in [0.25, 0.3) is 0 Å². The molecule has 0 amide bonds. The van der Waals surface area contributed by atoms with Crippen LogP contribution in [0, 0.1) is 0 Å². The van der Waals surface area contributed by atoms with E-state index < -0.39 is 12.0 Å². The first kappa shape index (κ1) is 9.12. The normalized spacial score (nSPS) is 23.9. The summed E-state index contributed by atoms with van der Waals surface area (Å²) in [4.78, 5) is 14.4. The van der Waals surface area contributed by atoms with Crippen molar-refractivity contribution in [1.29, 1.82) is 0 Å². The molecule has 0 aromatic carbocycles. The van der Waals surface area contributed by atoms with Gasteiger partial charge in [0.1, 0.15) is 5.04 Å². The number of thioether (sulfide) groups is 1. The maximum atomic E-state index is 10.5. The zero-order chi connectivity index (χ0) is 9.14. The van der Waals surface area contributed by atoms with Gasteiger partial charge in [-0.2, -0.15) is 0 Å². The van der Waals surface area contributed by atoms with Gasteiger partial charge in [-0.3, -0.25) is 4.99 Å². The topological polar surface area (TPSA) is 75.7 Å². The van der Waals surface area contributed by atoms with E-state index in [1.54, 1.807) is 13.0 Å². The molecular weight excluding hydrogens is 176 g/mol. The fourth-order valence-electron chi connectivity index (χ4n) is 0.782. The first-order valence-corrected chi connectivity index (χ1v) is 4.49. The number of aliphatic imine (C=N–C) groups is 1. The molecule has 0 aromatic heterocycles. The van der Waals surface area contributed by atoms with Gasteiger partial charge in [0, 0.05) is 5.75 Å². The van der Waals surface area contributed by atoms with Crippen LogP contribution >= 0.6 is 11.8 Å². The van der Waals surface area contributed by atoms with Crippen molar-refractivity contribution in [3.63, 3.8) is 0 Å². The van der Waals surface area contributed by atoms with Crippen molar-refractivity contribution in [2.45, 2.75) is 13.0 Å². The molecule has 1 aliphatic rings. The van der Waals surface area contributed by atoms with Crippen molar-refractivity contribution in [3.05, 3.63) is 11.8 Å². The predicted octanol–water partition coefficient (Wildman–Crippen LogP) is 0.447. The van der Waals surface area contributed by atoms with Crippen LogP contribution in [-0.4, -0.2) is 27.9 Å². The molecule has 0 fully saturated rings. The molecule has 5 heteroatoms. The van der Waals surface area contributed by atoms with Gasteiger partial charge in [-0.15, -0.1) is 11.8 Å². The number of nitrogens with zero attached hydrogens (tertiary/aromatic N) is 1. The van der Waals surface area contributed by atoms with E-state index in [2.05, 4.69) is 4.99 Å². The van der Waals surface area contributed by atoms with E-state index in [1.165, 1.54) is 11.8 Å². The van der Waals surface area contributed by atoms with Crippen molar-refractivity contribution < 1.29 is 9.90 Å². The van der Waals surface area contributed by atoms with Gasteiger partial charge in [-0.05, 0) is 6.92 Å². The van der Waals surface area contributed by atoms with Crippen LogP contribution in [0.5, 0.6) is 0 Å². The van der Waals surface area contributed by atoms with Crippen molar-refractivity contribution in [3.8, 4) is 0 Å². The minimum absolute atomic E-state index is 0.485. The molecule has 1 rings (SSSR count). The van der Waals surface area contributed by atoms with Gasteiger partial charge in [0.2, 0.25) is 0 Å². The summed E-state index contributed by atoms with van der Waals surface area (Å²) in [6, 6.07) is -0.622. The highest BCUT2D eigenvalue weighted by atomic mass is 32.2. The molecular formula is C7H10N2O2S. The molecule has 1 heterocycles. The molecule has 0 bridgehead atoms. The summed E-state index contributed by atoms with van der Waals surface area (Å²) in [5, 5.41) is 9.25. The molecule has 12 heavy (non-hydrogen) atoms. The second-order valence-corrected chi connectivity index (χ2v) is 3.35. The highest BCUT2D eigenvalue weighted by Gasteiger charge is 2.24. The van der Waals surface area contributed by atoms with E-state index in [9.17, 15) is 4.79 Å². The molecule has 0 unspecified atom stereocenters. The van der Waals surface area contributed by atoms with Gasteiger partial charge in [-0.25, -0.2) is 4.79 Å². The Bertz CT molecular complexity index is 260. The zero-order valence-electron chi connectivity index (χ0n) is 6.65. The molecule has 0 spiro atoms. The van der Waals surface area contributed by atoms with Gasteiger partial charge in [0.25, 0.3) is 0 Å². The summed E-state index contributed by atoms with van der Waals surface area (Å²) in [5.41, 5.74) is 6.12. The van der Waals surface area contributed by atoms with Crippen LogP contribution in [0.2, 0.25) is 0 Å². The SMILES string of the molecule is CC=C(N)C1=N[C@@H](C(=O)O)CS1. The van der Waals surface area contributed by atoms with E-state index in [0.29, 0.717) is 16.5 Å². The molecule has 0 saturated heterocycles. The molecule has 1 atom stereocenters. The number of nitrogens with two attached hydrogens (primary N) is 1. The van der Waals surface area contributed by atoms with Gasteiger partial charge in [-0.1, -0.05) is 6.08 Å². The van der Waals surface area contributed by atoms with E-state index in [4.69, 9.17) is 10.8 Å². The number of rotatable bonds is 2. The fraction of sp³-hybridized carbons (Fsp3) is 0.429. The molecule has 3 N–H and O–H groups in total. The Kier molecular flexibility index (Phi) is 2.75. The number of carboxylic acid groups (broad SMARTS) is 1. The second kappa shape index (κ2) is 3.62. The molecule has 0 aromatic rings. The highest BCUT2D eigenvalue weighted by molar-refractivity contribution is 8.14. The van der Waals surface area contributed by atoms with Gasteiger partial charge in [0.15, 0.2) is 6.04 Å². The van der Waals surface area contributed by atoms with Crippen LogP contribution < -0.4 is 5.73 Å². The van der Waals surface area contributed by atoms with Crippen molar-refractivity contribution >= 4 is 22.8 Å². The summed E-state index contributed by atoms with van der Waals surface area (Å²) in [7, 11) is 0. The molecule has 0 saturated carbocycles. The third-order valence-electron chi connectivity index (χ3n) is 1.49. The summed E-state index contributed by atoms with van der Waals surface area (Å²) in [5.74, 6) is -0.402. The highest BCUT2D eigenvalue weighted by Crippen LogP contribution is 2.20. The number of carbonyl (C=O) groups is 1. The van der Waals surface area contributed by atoms with Crippen LogP contribution in [-0.2, 0) is 4.79 Å². The van der Waals surface area contributed by atoms with Crippen LogP contribution in [0.3, 0.4) is 0 Å². The van der Waals surface area contributed by atoms with E-state index >= 15 is 0 Å². The lowest BCUT2D eigenvalue weighted by Crippen LogP contribution is -2.17. The lowest BCUT2D eigenvalue weighted by molar-refractivity contribution is -0.137. The minimum atomic E-state index is -0.888. The fourth-order valence-corrected chi connectivity index (χ4v) is 1.80. The minimum Gasteiger partial charge on any atom is -0.480 e. The number of aliphatic carboxylic acids is 1. The molecule has 1 aliphatic heterocycles. The predicted molar refractivity (Wildman–Crippen MR) is 49.3 cm³/mol. The zero-order valence-corrected chi connectivity index (χ0v) is 7.47. The summed E-state index contributed by atoms with van der Waals surface area (Å²) >= 11 is 1.39. The largest absolute Gasteiger partial charge is 0.480 e. The smallest absolute Gasteiger partial charge is 0.329 e. The maximum absolute atomic E-state index is 10.5. The number of allylic oxidation sites excluding steroid dienone is 1. The van der Waals surface area contributed by atoms with E-state index in [1.807, 2.05) is 0 Å². The Morgan fingerprint density at radius 2 is 2.58 bits per heavy atom. The van der Waals surface area contributed by atoms with Crippen molar-refractivity contribution in [2.75, 3.05) is 5.75 Å². The number of hydrogen-bond acceptors (Lipinski definition) is 4. The Balaban J connectivity index is 2.72. The van der Waals surface area contributed by atoms with E-state index in [-0.39, 0.29) is 0 Å². The molecule has 66 valence electrons. The first-order chi connectivity index (χ1) is 5.65. The Labute approximate surface area is 74.5 Å². The second-order valence-electron chi connectivity index (χ2n) is 2.34. The Hall–Kier alpha value is -0.970. The third kappa shape index (κ3) is 1.79. The van der Waals surface area contributed by atoms with Crippen molar-refractivity contribution in [2.24, 2.45) is 10.7 Å². The van der Waals surface area contributed by atoms with Crippen LogP contribution in [0.4, 0.5) is 0 Å². The first-order valence-electron chi connectivity index (χ1n) is 3.50. The summed E-state index contributed by atoms with van der Waals surface area (Å²) in [6.07, 6.45) is 1.72. The van der Waals surface area contributed by atoms with E-state index in [0.717, 1.165) is 0 Å². The third-order valence-corrected chi connectivity index (χ3v) is 2.59. The molecule has 0 aliphatic carbocycles. The lowest BCUT2D eigenvalue weighted by Gasteiger charge is -1.95. The standard InChI is InChI=1S/C7H10N2O2S/c1-2-4(8)6-9-5(3-12-6)7(10)11/h2,5H,3,8H2,1H3,(H,10,11)/t5-/m1/s1. The Morgan fingerprint density at radius 1 is 1.92 bits per heavy atom. The molecule has 4 nitrogen and oxygen atoms in total. The van der Waals surface area contributed by atoms with Crippen LogP contribution in [0.1, 0.15) is 6.92 Å². The summed E-state index contributed by atoms with van der Waals surface area (Å²) in [6.45, 7) is 1.80. The van der Waals surface area contributed by atoms with Gasteiger partial charge in [0.05, 0.1) is 5.70 Å². The molecule has 0 radical (unpaired) electrons. The van der Waals surface area contributed by atoms with Gasteiger partial charge < -0.3 is 10.8 Å². The van der Waals surface area contributed by atoms with Crippen LogP contribution in [0.15, 0.2) is 16.8 Å². The maximum Gasteiger partial charge on any atom is 0.329 e. The Morgan fingerprint density at radius 3 is 3.00 bits per heavy atom. The monoisotopic (exact) mass is 186 g/mol. The number of carboxylic acids is 1. The lowest BCUT2D eigenvalue weighted by atomic mass is 10.3. The quantitative estimate of drug-likeness (QED) is 0.656. The average Bonchev–Trinajstić information content (AvgIpc) is 2.51.